The lowest BCUT2D eigenvalue weighted by atomic mass is 10.1. The standard InChI is InChI=1S/C11H20N2O2/c1-11(15,8-13(2)3)7-12-9-4-5-10(14)6-9/h6,12,15H,4-5,7-8H2,1-3H3. The molecule has 0 spiro atoms. The number of nitrogens with one attached hydrogen (secondary N) is 1. The van der Waals surface area contributed by atoms with Crippen molar-refractivity contribution in [1.82, 2.24) is 10.2 Å². The number of ketones is 1. The number of nitrogens with zero attached hydrogens (tertiary/aromatic N) is 1. The topological polar surface area (TPSA) is 52.6 Å². The third-order valence-corrected chi connectivity index (χ3v) is 2.33. The summed E-state index contributed by atoms with van der Waals surface area (Å²) in [6.45, 7) is 2.86. The van der Waals surface area contributed by atoms with Crippen molar-refractivity contribution in [1.29, 1.82) is 0 Å². The van der Waals surface area contributed by atoms with Gasteiger partial charge in [0.2, 0.25) is 0 Å². The first-order chi connectivity index (χ1) is 6.89. The molecular weight excluding hydrogens is 192 g/mol. The van der Waals surface area contributed by atoms with Gasteiger partial charge in [0.1, 0.15) is 0 Å². The van der Waals surface area contributed by atoms with Gasteiger partial charge in [-0.3, -0.25) is 4.79 Å². The lowest BCUT2D eigenvalue weighted by Gasteiger charge is -2.27. The Bertz CT molecular complexity index is 270. The van der Waals surface area contributed by atoms with Crippen molar-refractivity contribution in [3.63, 3.8) is 0 Å². The summed E-state index contributed by atoms with van der Waals surface area (Å²) in [6, 6.07) is 0. The molecule has 0 saturated heterocycles. The van der Waals surface area contributed by atoms with Gasteiger partial charge in [-0.05, 0) is 27.4 Å². The molecule has 0 aromatic heterocycles. The third kappa shape index (κ3) is 4.44. The minimum Gasteiger partial charge on any atom is -0.387 e. The van der Waals surface area contributed by atoms with Crippen LogP contribution in [0.25, 0.3) is 0 Å². The van der Waals surface area contributed by atoms with E-state index in [1.807, 2.05) is 19.0 Å². The Balaban J connectivity index is 2.35. The van der Waals surface area contributed by atoms with Crippen molar-refractivity contribution in [2.75, 3.05) is 27.2 Å². The molecule has 86 valence electrons. The molecule has 2 N–H and O–H groups in total. The molecule has 1 atom stereocenters. The lowest BCUT2D eigenvalue weighted by molar-refractivity contribution is -0.114. The predicted molar refractivity (Wildman–Crippen MR) is 59.5 cm³/mol. The summed E-state index contributed by atoms with van der Waals surface area (Å²) in [7, 11) is 3.85. The summed E-state index contributed by atoms with van der Waals surface area (Å²) in [5.41, 5.74) is 0.176. The average Bonchev–Trinajstić information content (AvgIpc) is 2.46. The number of aliphatic hydroxyl groups is 1. The Morgan fingerprint density at radius 1 is 1.53 bits per heavy atom. The number of likely N-dealkylation sites (N-methyl/N-ethyl adjacent to an activating group) is 1. The van der Waals surface area contributed by atoms with Gasteiger partial charge in [-0.2, -0.15) is 0 Å². The summed E-state index contributed by atoms with van der Waals surface area (Å²) < 4.78 is 0. The fourth-order valence-electron chi connectivity index (χ4n) is 1.78. The van der Waals surface area contributed by atoms with Crippen LogP contribution in [0.1, 0.15) is 19.8 Å². The summed E-state index contributed by atoms with van der Waals surface area (Å²) >= 11 is 0. The number of hydrogen-bond donors (Lipinski definition) is 2. The molecule has 0 bridgehead atoms. The number of hydrogen-bond acceptors (Lipinski definition) is 4. The van der Waals surface area contributed by atoms with Crippen LogP contribution in [0.5, 0.6) is 0 Å². The SMILES string of the molecule is CN(C)CC(C)(O)CNC1=CC(=O)CC1. The number of allylic oxidation sites excluding steroid dienone is 2. The van der Waals surface area contributed by atoms with E-state index in [1.54, 1.807) is 13.0 Å². The molecule has 15 heavy (non-hydrogen) atoms. The quantitative estimate of drug-likeness (QED) is 0.680. The van der Waals surface area contributed by atoms with Gasteiger partial charge in [-0.15, -0.1) is 0 Å². The molecule has 4 heteroatoms. The van der Waals surface area contributed by atoms with Crippen LogP contribution in [-0.4, -0.2) is 48.6 Å². The first-order valence-corrected chi connectivity index (χ1v) is 5.23. The number of rotatable bonds is 5. The van der Waals surface area contributed by atoms with Gasteiger partial charge in [0.25, 0.3) is 0 Å². The molecule has 0 aliphatic heterocycles. The van der Waals surface area contributed by atoms with E-state index in [4.69, 9.17) is 0 Å². The van der Waals surface area contributed by atoms with Gasteiger partial charge in [0.15, 0.2) is 5.78 Å². The molecule has 1 aliphatic rings. The van der Waals surface area contributed by atoms with Crippen LogP contribution in [0, 0.1) is 0 Å². The molecule has 0 fully saturated rings. The molecule has 1 aliphatic carbocycles. The van der Waals surface area contributed by atoms with Crippen LogP contribution < -0.4 is 5.32 Å². The summed E-state index contributed by atoms with van der Waals surface area (Å²) in [6.07, 6.45) is 3.00. The van der Waals surface area contributed by atoms with Gasteiger partial charge in [0.05, 0.1) is 5.60 Å². The summed E-state index contributed by atoms with van der Waals surface area (Å²) in [5.74, 6) is 0.171. The Morgan fingerprint density at radius 2 is 2.20 bits per heavy atom. The van der Waals surface area contributed by atoms with Crippen LogP contribution in [0.15, 0.2) is 11.8 Å². The fourth-order valence-corrected chi connectivity index (χ4v) is 1.78. The highest BCUT2D eigenvalue weighted by atomic mass is 16.3. The lowest BCUT2D eigenvalue weighted by Crippen LogP contribution is -2.45. The Morgan fingerprint density at radius 3 is 2.67 bits per heavy atom. The normalized spacial score (nSPS) is 20.3. The monoisotopic (exact) mass is 212 g/mol. The molecule has 0 aromatic rings. The van der Waals surface area contributed by atoms with Crippen molar-refractivity contribution in [3.8, 4) is 0 Å². The first-order valence-electron chi connectivity index (χ1n) is 5.23. The third-order valence-electron chi connectivity index (χ3n) is 2.33. The maximum atomic E-state index is 11.0. The van der Waals surface area contributed by atoms with Gasteiger partial charge >= 0.3 is 0 Å². The largest absolute Gasteiger partial charge is 0.387 e. The molecule has 0 aromatic carbocycles. The van der Waals surface area contributed by atoms with E-state index in [0.717, 1.165) is 12.1 Å². The molecular formula is C11H20N2O2. The fraction of sp³-hybridized carbons (Fsp3) is 0.727. The van der Waals surface area contributed by atoms with Crippen LogP contribution in [0.3, 0.4) is 0 Å². The zero-order valence-corrected chi connectivity index (χ0v) is 9.71. The molecule has 0 radical (unpaired) electrons. The van der Waals surface area contributed by atoms with E-state index < -0.39 is 5.60 Å². The second-order valence-corrected chi connectivity index (χ2v) is 4.72. The van der Waals surface area contributed by atoms with Crippen molar-refractivity contribution in [2.24, 2.45) is 0 Å². The van der Waals surface area contributed by atoms with Gasteiger partial charge < -0.3 is 15.3 Å². The Hall–Kier alpha value is -0.870. The van der Waals surface area contributed by atoms with E-state index in [-0.39, 0.29) is 5.78 Å². The van der Waals surface area contributed by atoms with Crippen LogP contribution >= 0.6 is 0 Å². The van der Waals surface area contributed by atoms with E-state index in [0.29, 0.717) is 19.5 Å². The van der Waals surface area contributed by atoms with Crippen LogP contribution in [0.4, 0.5) is 0 Å². The maximum absolute atomic E-state index is 11.0. The minimum absolute atomic E-state index is 0.171. The summed E-state index contributed by atoms with van der Waals surface area (Å²) in [5, 5.41) is 13.1. The van der Waals surface area contributed by atoms with Gasteiger partial charge in [-0.1, -0.05) is 0 Å². The van der Waals surface area contributed by atoms with Gasteiger partial charge in [0, 0.05) is 31.3 Å². The van der Waals surface area contributed by atoms with E-state index in [1.165, 1.54) is 0 Å². The summed E-state index contributed by atoms with van der Waals surface area (Å²) in [4.78, 5) is 12.9. The number of carbonyl (C=O) groups excluding carboxylic acids is 1. The molecule has 0 amide bonds. The van der Waals surface area contributed by atoms with Crippen LogP contribution in [-0.2, 0) is 4.79 Å². The maximum Gasteiger partial charge on any atom is 0.157 e. The van der Waals surface area contributed by atoms with Crippen molar-refractivity contribution < 1.29 is 9.90 Å². The van der Waals surface area contributed by atoms with E-state index in [9.17, 15) is 9.90 Å². The van der Waals surface area contributed by atoms with Crippen LogP contribution in [0.2, 0.25) is 0 Å². The zero-order chi connectivity index (χ0) is 11.5. The molecule has 4 nitrogen and oxygen atoms in total. The Labute approximate surface area is 91.0 Å². The van der Waals surface area contributed by atoms with Crippen molar-refractivity contribution in [2.45, 2.75) is 25.4 Å². The van der Waals surface area contributed by atoms with Crippen molar-refractivity contribution in [3.05, 3.63) is 11.8 Å². The van der Waals surface area contributed by atoms with Gasteiger partial charge in [-0.25, -0.2) is 0 Å². The highest BCUT2D eigenvalue weighted by Crippen LogP contribution is 2.13. The molecule has 0 heterocycles. The zero-order valence-electron chi connectivity index (χ0n) is 9.71. The van der Waals surface area contributed by atoms with E-state index >= 15 is 0 Å². The first kappa shape index (κ1) is 12.2. The predicted octanol–water partition coefficient (Wildman–Crippen LogP) is 0.135. The average molecular weight is 212 g/mol. The minimum atomic E-state index is -0.768. The second kappa shape index (κ2) is 4.77. The second-order valence-electron chi connectivity index (χ2n) is 4.72. The molecule has 1 rings (SSSR count). The molecule has 0 saturated carbocycles. The molecule has 1 unspecified atom stereocenters. The van der Waals surface area contributed by atoms with Crippen molar-refractivity contribution >= 4 is 5.78 Å². The Kier molecular flexibility index (Phi) is 3.88. The number of carbonyl (C=O) groups is 1. The highest BCUT2D eigenvalue weighted by Gasteiger charge is 2.22. The van der Waals surface area contributed by atoms with E-state index in [2.05, 4.69) is 5.32 Å². The smallest absolute Gasteiger partial charge is 0.157 e. The highest BCUT2D eigenvalue weighted by molar-refractivity contribution is 5.92.